The van der Waals surface area contributed by atoms with E-state index in [4.69, 9.17) is 13.7 Å². The van der Waals surface area contributed by atoms with Crippen LogP contribution in [-0.4, -0.2) is 17.2 Å². The molecular weight excluding hydrogens is 777 g/mol. The Balaban J connectivity index is 1.14. The molecule has 12 rings (SSSR count). The van der Waals surface area contributed by atoms with E-state index in [-0.39, 0.29) is 22.3 Å². The summed E-state index contributed by atoms with van der Waals surface area (Å²) in [6.07, 6.45) is 0. The van der Waals surface area contributed by atoms with Crippen LogP contribution in [0.5, 0.6) is 0 Å². The van der Waals surface area contributed by atoms with E-state index in [2.05, 4.69) is 144 Å². The van der Waals surface area contributed by atoms with Crippen molar-refractivity contribution in [3.05, 3.63) is 255 Å². The van der Waals surface area contributed by atoms with Crippen LogP contribution < -0.4 is 20.7 Å². The Hall–Kier alpha value is -7.98. The number of nitrogens with zero attached hydrogens (tertiary/aromatic N) is 2. The maximum atomic E-state index is 9.15. The normalized spacial score (nSPS) is 14.0. The van der Waals surface area contributed by atoms with Gasteiger partial charge in [-0.15, -0.1) is 0 Å². The van der Waals surface area contributed by atoms with Crippen LogP contribution in [0.15, 0.2) is 255 Å². The van der Waals surface area contributed by atoms with Gasteiger partial charge in [-0.3, -0.25) is 0 Å². The van der Waals surface area contributed by atoms with Gasteiger partial charge in [-0.1, -0.05) is 218 Å². The smallest absolute Gasteiger partial charge is 0.179 e. The van der Waals surface area contributed by atoms with Crippen molar-refractivity contribution in [2.45, 2.75) is 0 Å². The van der Waals surface area contributed by atoms with Gasteiger partial charge in [0.15, 0.2) is 8.07 Å². The highest BCUT2D eigenvalue weighted by molar-refractivity contribution is 7.20. The summed E-state index contributed by atoms with van der Waals surface area (Å²) in [6, 6.07) is 62.0. The number of aromatic nitrogens is 2. The molecule has 0 saturated heterocycles. The highest BCUT2D eigenvalue weighted by Gasteiger charge is 2.41. The molecular formula is C60H42N2Si. The zero-order chi connectivity index (χ0) is 50.4. The Morgan fingerprint density at radius 1 is 0.317 bits per heavy atom. The van der Waals surface area contributed by atoms with Gasteiger partial charge in [-0.05, 0) is 68.3 Å². The van der Waals surface area contributed by atoms with Crippen LogP contribution in [0.3, 0.4) is 0 Å². The van der Waals surface area contributed by atoms with Crippen molar-refractivity contribution in [1.82, 2.24) is 9.13 Å². The zero-order valence-electron chi connectivity index (χ0n) is 43.9. The molecule has 12 aromatic rings. The highest BCUT2D eigenvalue weighted by Crippen LogP contribution is 2.42. The number of hydrogen-bond donors (Lipinski definition) is 0. The largest absolute Gasteiger partial charge is 0.309 e. The van der Waals surface area contributed by atoms with Gasteiger partial charge < -0.3 is 9.13 Å². The minimum atomic E-state index is -2.88. The second-order valence-corrected chi connectivity index (χ2v) is 19.5. The van der Waals surface area contributed by atoms with Gasteiger partial charge in [-0.2, -0.15) is 0 Å². The van der Waals surface area contributed by atoms with E-state index in [1.54, 1.807) is 18.2 Å². The first-order chi connectivity index (χ1) is 35.4. The molecule has 2 aromatic heterocycles. The van der Waals surface area contributed by atoms with Gasteiger partial charge in [0, 0.05) is 38.4 Å². The Kier molecular flexibility index (Phi) is 6.69. The van der Waals surface area contributed by atoms with E-state index >= 15 is 0 Å². The molecule has 0 aliphatic heterocycles. The molecule has 0 spiro atoms. The first-order valence-corrected chi connectivity index (χ1v) is 22.9. The van der Waals surface area contributed by atoms with Crippen molar-refractivity contribution >= 4 is 72.4 Å². The van der Waals surface area contributed by atoms with Crippen LogP contribution in [0, 0.1) is 0 Å². The van der Waals surface area contributed by atoms with Crippen LogP contribution in [0.2, 0.25) is 0 Å². The monoisotopic (exact) mass is 828 g/mol. The number of fused-ring (bicyclic) bond motifs is 6. The molecule has 2 heterocycles. The molecule has 0 amide bonds. The Morgan fingerprint density at radius 2 is 0.746 bits per heavy atom. The van der Waals surface area contributed by atoms with Crippen molar-refractivity contribution < 1.29 is 13.7 Å². The minimum Gasteiger partial charge on any atom is -0.309 e. The highest BCUT2D eigenvalue weighted by atomic mass is 28.3. The zero-order valence-corrected chi connectivity index (χ0v) is 34.9. The molecule has 0 N–H and O–H groups in total. The third-order valence-electron chi connectivity index (χ3n) is 12.4. The molecule has 3 heteroatoms. The fraction of sp³-hybridized carbons (Fsp3) is 0. The standard InChI is InChI=1S/C60H42N2Si/c1-6-21-43(22-7-1)50-33-20-34-51(44-23-8-2-9-24-44)60(50)62-57-36-19-17-31-52(57)54-41-45(37-39-59(54)62)61-56-35-18-16-32-53(56)55-42-49(38-40-58(55)61)63(46-25-10-3-11-26-46,47-27-12-4-13-28-47)48-29-14-5-15-30-48/h1-42H/i1D,2D,6D,7D,8D,9D,21D,22D,23D,24D. The van der Waals surface area contributed by atoms with Crippen LogP contribution in [0.4, 0.5) is 0 Å². The average molecular weight is 829 g/mol. The van der Waals surface area contributed by atoms with Gasteiger partial charge in [0.25, 0.3) is 0 Å². The second-order valence-electron chi connectivity index (χ2n) is 15.7. The van der Waals surface area contributed by atoms with Crippen LogP contribution in [0.1, 0.15) is 13.7 Å². The predicted octanol–water partition coefficient (Wildman–Crippen LogP) is 12.6. The molecule has 0 atom stereocenters. The molecule has 2 nitrogen and oxygen atoms in total. The number of para-hydroxylation sites is 3. The van der Waals surface area contributed by atoms with Crippen molar-refractivity contribution in [3.63, 3.8) is 0 Å². The lowest BCUT2D eigenvalue weighted by Crippen LogP contribution is -2.74. The summed E-state index contributed by atoms with van der Waals surface area (Å²) in [7, 11) is -2.88. The summed E-state index contributed by atoms with van der Waals surface area (Å²) in [4.78, 5) is 0. The second kappa shape index (κ2) is 15.2. The first kappa shape index (κ1) is 27.8. The van der Waals surface area contributed by atoms with Crippen molar-refractivity contribution in [1.29, 1.82) is 0 Å². The number of hydrogen-bond acceptors (Lipinski definition) is 0. The van der Waals surface area contributed by atoms with Gasteiger partial charge in [0.1, 0.15) is 0 Å². The third kappa shape index (κ3) is 5.85. The molecule has 0 aliphatic rings. The molecule has 0 aliphatic carbocycles. The SMILES string of the molecule is [2H]c1c([2H])c([2H])c(-c2cccc(-c3c([2H])c([2H])c([2H])c([2H])c3[2H])c2-n2c3ccccc3c3cc(-n4c5ccccc5c5cc([Si](c6ccccc6)(c6ccccc6)c6ccccc6)ccc54)ccc32)c([2H])c1[2H]. The topological polar surface area (TPSA) is 9.86 Å². The molecule has 0 saturated carbocycles. The quantitative estimate of drug-likeness (QED) is 0.107. The average Bonchev–Trinajstić information content (AvgIpc) is 3.95. The molecule has 0 unspecified atom stereocenters. The lowest BCUT2D eigenvalue weighted by Gasteiger charge is -2.34. The Bertz CT molecular complexity index is 3970. The lowest BCUT2D eigenvalue weighted by atomic mass is 9.95. The molecule has 0 radical (unpaired) electrons. The number of benzene rings is 10. The minimum absolute atomic E-state index is 0.0821. The van der Waals surface area contributed by atoms with Crippen LogP contribution in [0.25, 0.3) is 77.2 Å². The van der Waals surface area contributed by atoms with E-state index in [0.29, 0.717) is 16.7 Å². The molecule has 0 fully saturated rings. The van der Waals surface area contributed by atoms with Gasteiger partial charge in [0.05, 0.1) is 41.5 Å². The van der Waals surface area contributed by atoms with Crippen LogP contribution in [-0.2, 0) is 0 Å². The Labute approximate surface area is 382 Å². The van der Waals surface area contributed by atoms with Crippen molar-refractivity contribution in [3.8, 4) is 33.6 Å². The number of rotatable bonds is 8. The summed E-state index contributed by atoms with van der Waals surface area (Å²) < 4.78 is 92.4. The molecule has 10 aromatic carbocycles. The summed E-state index contributed by atoms with van der Waals surface area (Å²) in [5.41, 5.74) is 4.88. The lowest BCUT2D eigenvalue weighted by molar-refractivity contribution is 1.17. The summed E-state index contributed by atoms with van der Waals surface area (Å²) in [5, 5.41) is 8.95. The molecule has 0 bridgehead atoms. The van der Waals surface area contributed by atoms with Gasteiger partial charge >= 0.3 is 0 Å². The molecule has 296 valence electrons. The third-order valence-corrected chi connectivity index (χ3v) is 17.2. The summed E-state index contributed by atoms with van der Waals surface area (Å²) >= 11 is 0. The fourth-order valence-corrected chi connectivity index (χ4v) is 14.6. The first-order valence-electron chi connectivity index (χ1n) is 25.9. The van der Waals surface area contributed by atoms with E-state index < -0.39 is 68.5 Å². The van der Waals surface area contributed by atoms with Crippen LogP contribution >= 0.6 is 0 Å². The fourth-order valence-electron chi connectivity index (χ4n) is 9.85. The van der Waals surface area contributed by atoms with Gasteiger partial charge in [0.2, 0.25) is 0 Å². The molecule has 63 heavy (non-hydrogen) atoms. The van der Waals surface area contributed by atoms with Crippen molar-refractivity contribution in [2.75, 3.05) is 0 Å². The maximum absolute atomic E-state index is 9.15. The van der Waals surface area contributed by atoms with E-state index in [1.807, 2.05) is 41.0 Å². The van der Waals surface area contributed by atoms with E-state index in [9.17, 15) is 0 Å². The predicted molar refractivity (Wildman–Crippen MR) is 270 cm³/mol. The Morgan fingerprint density at radius 3 is 1.29 bits per heavy atom. The van der Waals surface area contributed by atoms with Crippen molar-refractivity contribution in [2.24, 2.45) is 0 Å². The summed E-state index contributed by atoms with van der Waals surface area (Å²) in [5.74, 6) is 0. The van der Waals surface area contributed by atoms with E-state index in [0.717, 1.165) is 38.3 Å². The summed E-state index contributed by atoms with van der Waals surface area (Å²) in [6.45, 7) is 0. The van der Waals surface area contributed by atoms with Gasteiger partial charge in [-0.25, -0.2) is 0 Å². The van der Waals surface area contributed by atoms with E-state index in [1.165, 1.54) is 20.7 Å². The maximum Gasteiger partial charge on any atom is 0.179 e.